The third-order valence-corrected chi connectivity index (χ3v) is 3.82. The van der Waals surface area contributed by atoms with Crippen LogP contribution in [0.1, 0.15) is 41.3 Å². The van der Waals surface area contributed by atoms with Gasteiger partial charge in [-0.25, -0.2) is 0 Å². The average molecular weight is 328 g/mol. The number of ether oxygens (including phenoxy) is 3. The Morgan fingerprint density at radius 1 is 1.08 bits per heavy atom. The standard InChI is InChI=1S/C20H24O4/c1-14(2)18-9-8-17(12-15(18)3)23-10-11-24-20-16(13-21)6-5-7-19(20)22-4/h5-9,12-14H,10-11H2,1-4H3. The van der Waals surface area contributed by atoms with Crippen molar-refractivity contribution in [3.8, 4) is 17.2 Å². The monoisotopic (exact) mass is 328 g/mol. The molecule has 0 aliphatic heterocycles. The molecule has 0 saturated carbocycles. The molecule has 0 heterocycles. The molecule has 0 aliphatic carbocycles. The topological polar surface area (TPSA) is 44.8 Å². The van der Waals surface area contributed by atoms with Gasteiger partial charge in [0.25, 0.3) is 0 Å². The van der Waals surface area contributed by atoms with Gasteiger partial charge in [0.1, 0.15) is 19.0 Å². The van der Waals surface area contributed by atoms with Crippen LogP contribution in [0.15, 0.2) is 36.4 Å². The van der Waals surface area contributed by atoms with Crippen LogP contribution in [-0.2, 0) is 0 Å². The van der Waals surface area contributed by atoms with Gasteiger partial charge in [-0.1, -0.05) is 26.0 Å². The first kappa shape index (κ1) is 17.9. The van der Waals surface area contributed by atoms with Crippen molar-refractivity contribution in [1.82, 2.24) is 0 Å². The predicted octanol–water partition coefficient (Wildman–Crippen LogP) is 4.40. The first-order valence-corrected chi connectivity index (χ1v) is 8.05. The number of aryl methyl sites for hydroxylation is 1. The lowest BCUT2D eigenvalue weighted by Crippen LogP contribution is -2.11. The van der Waals surface area contributed by atoms with Crippen molar-refractivity contribution >= 4 is 6.29 Å². The van der Waals surface area contributed by atoms with Crippen molar-refractivity contribution in [2.75, 3.05) is 20.3 Å². The summed E-state index contributed by atoms with van der Waals surface area (Å²) in [5.74, 6) is 2.30. The fourth-order valence-corrected chi connectivity index (χ4v) is 2.63. The van der Waals surface area contributed by atoms with E-state index >= 15 is 0 Å². The second kappa shape index (κ2) is 8.39. The number of carbonyl (C=O) groups excluding carboxylic acids is 1. The molecule has 0 bridgehead atoms. The molecule has 0 aromatic heterocycles. The highest BCUT2D eigenvalue weighted by molar-refractivity contribution is 5.81. The van der Waals surface area contributed by atoms with Crippen molar-refractivity contribution in [2.24, 2.45) is 0 Å². The molecule has 2 rings (SSSR count). The van der Waals surface area contributed by atoms with Gasteiger partial charge in [0.15, 0.2) is 17.8 Å². The van der Waals surface area contributed by atoms with Crippen molar-refractivity contribution in [3.63, 3.8) is 0 Å². The van der Waals surface area contributed by atoms with Crippen LogP contribution in [0.5, 0.6) is 17.2 Å². The van der Waals surface area contributed by atoms with Crippen LogP contribution in [0, 0.1) is 6.92 Å². The number of benzene rings is 2. The Morgan fingerprint density at radius 3 is 2.46 bits per heavy atom. The molecule has 2 aromatic carbocycles. The minimum atomic E-state index is 0.326. The van der Waals surface area contributed by atoms with Gasteiger partial charge in [0, 0.05) is 0 Å². The minimum absolute atomic E-state index is 0.326. The van der Waals surface area contributed by atoms with Crippen molar-refractivity contribution in [3.05, 3.63) is 53.1 Å². The molecule has 128 valence electrons. The normalized spacial score (nSPS) is 10.5. The number of hydrogen-bond donors (Lipinski definition) is 0. The summed E-state index contributed by atoms with van der Waals surface area (Å²) in [6.07, 6.45) is 0.757. The molecule has 0 radical (unpaired) electrons. The number of aldehydes is 1. The van der Waals surface area contributed by atoms with E-state index in [2.05, 4.69) is 26.8 Å². The molecular formula is C20H24O4. The highest BCUT2D eigenvalue weighted by atomic mass is 16.5. The molecule has 2 aromatic rings. The summed E-state index contributed by atoms with van der Waals surface area (Å²) in [6, 6.07) is 11.3. The molecule has 0 spiro atoms. The molecule has 4 nitrogen and oxygen atoms in total. The van der Waals surface area contributed by atoms with Gasteiger partial charge in [-0.2, -0.15) is 0 Å². The van der Waals surface area contributed by atoms with E-state index in [1.54, 1.807) is 25.3 Å². The van der Waals surface area contributed by atoms with Gasteiger partial charge in [-0.3, -0.25) is 4.79 Å². The maximum absolute atomic E-state index is 11.1. The van der Waals surface area contributed by atoms with Crippen molar-refractivity contribution < 1.29 is 19.0 Å². The number of hydrogen-bond acceptors (Lipinski definition) is 4. The average Bonchev–Trinajstić information content (AvgIpc) is 2.58. The molecule has 0 fully saturated rings. The van der Waals surface area contributed by atoms with E-state index in [0.29, 0.717) is 36.2 Å². The van der Waals surface area contributed by atoms with Gasteiger partial charge >= 0.3 is 0 Å². The van der Waals surface area contributed by atoms with Gasteiger partial charge in [0.2, 0.25) is 0 Å². The summed E-state index contributed by atoms with van der Waals surface area (Å²) in [5, 5.41) is 0. The zero-order chi connectivity index (χ0) is 17.5. The zero-order valence-electron chi connectivity index (χ0n) is 14.7. The maximum Gasteiger partial charge on any atom is 0.171 e. The molecule has 0 atom stereocenters. The lowest BCUT2D eigenvalue weighted by molar-refractivity contribution is 0.111. The van der Waals surface area contributed by atoms with Crippen LogP contribution in [0.3, 0.4) is 0 Å². The van der Waals surface area contributed by atoms with Crippen LogP contribution < -0.4 is 14.2 Å². The summed E-state index contributed by atoms with van der Waals surface area (Å²) in [7, 11) is 1.55. The van der Waals surface area contributed by atoms with E-state index < -0.39 is 0 Å². The largest absolute Gasteiger partial charge is 0.493 e. The summed E-state index contributed by atoms with van der Waals surface area (Å²) in [4.78, 5) is 11.1. The number of para-hydroxylation sites is 1. The number of rotatable bonds is 8. The Morgan fingerprint density at radius 2 is 1.83 bits per heavy atom. The quantitative estimate of drug-likeness (QED) is 0.532. The molecule has 0 amide bonds. The second-order valence-electron chi connectivity index (χ2n) is 5.87. The van der Waals surface area contributed by atoms with E-state index in [0.717, 1.165) is 12.0 Å². The van der Waals surface area contributed by atoms with E-state index in [-0.39, 0.29) is 0 Å². The highest BCUT2D eigenvalue weighted by Crippen LogP contribution is 2.30. The lowest BCUT2D eigenvalue weighted by Gasteiger charge is -2.14. The van der Waals surface area contributed by atoms with Crippen LogP contribution in [0.2, 0.25) is 0 Å². The molecule has 4 heteroatoms. The van der Waals surface area contributed by atoms with Gasteiger partial charge < -0.3 is 14.2 Å². The van der Waals surface area contributed by atoms with E-state index in [4.69, 9.17) is 14.2 Å². The smallest absolute Gasteiger partial charge is 0.171 e. The van der Waals surface area contributed by atoms with Crippen LogP contribution in [-0.4, -0.2) is 26.6 Å². The molecule has 0 N–H and O–H groups in total. The van der Waals surface area contributed by atoms with Crippen molar-refractivity contribution in [2.45, 2.75) is 26.7 Å². The van der Waals surface area contributed by atoms with Gasteiger partial charge in [-0.05, 0) is 48.2 Å². The summed E-state index contributed by atoms with van der Waals surface area (Å²) in [5.41, 5.74) is 3.01. The first-order valence-electron chi connectivity index (χ1n) is 8.05. The molecule has 0 unspecified atom stereocenters. The maximum atomic E-state index is 11.1. The first-order chi connectivity index (χ1) is 11.6. The second-order valence-corrected chi connectivity index (χ2v) is 5.87. The molecular weight excluding hydrogens is 304 g/mol. The minimum Gasteiger partial charge on any atom is -0.493 e. The molecule has 0 saturated heterocycles. The fraction of sp³-hybridized carbons (Fsp3) is 0.350. The van der Waals surface area contributed by atoms with Crippen molar-refractivity contribution in [1.29, 1.82) is 0 Å². The van der Waals surface area contributed by atoms with E-state index in [1.165, 1.54) is 11.1 Å². The molecule has 24 heavy (non-hydrogen) atoms. The third-order valence-electron chi connectivity index (χ3n) is 3.82. The van der Waals surface area contributed by atoms with Crippen LogP contribution in [0.25, 0.3) is 0 Å². The van der Waals surface area contributed by atoms with Crippen LogP contribution >= 0.6 is 0 Å². The summed E-state index contributed by atoms with van der Waals surface area (Å²) in [6.45, 7) is 7.15. The Bertz CT molecular complexity index is 692. The fourth-order valence-electron chi connectivity index (χ4n) is 2.63. The predicted molar refractivity (Wildman–Crippen MR) is 94.6 cm³/mol. The Balaban J connectivity index is 1.94. The Labute approximate surface area is 143 Å². The SMILES string of the molecule is COc1cccc(C=O)c1OCCOc1ccc(C(C)C)c(C)c1. The Kier molecular flexibility index (Phi) is 6.24. The van der Waals surface area contributed by atoms with Gasteiger partial charge in [0.05, 0.1) is 12.7 Å². The van der Waals surface area contributed by atoms with Gasteiger partial charge in [-0.15, -0.1) is 0 Å². The van der Waals surface area contributed by atoms with E-state index in [1.807, 2.05) is 12.1 Å². The van der Waals surface area contributed by atoms with Crippen LogP contribution in [0.4, 0.5) is 0 Å². The van der Waals surface area contributed by atoms with E-state index in [9.17, 15) is 4.79 Å². The highest BCUT2D eigenvalue weighted by Gasteiger charge is 2.10. The summed E-state index contributed by atoms with van der Waals surface area (Å²) >= 11 is 0. The lowest BCUT2D eigenvalue weighted by atomic mass is 9.98. The molecule has 0 aliphatic rings. The Hall–Kier alpha value is -2.49. The number of methoxy groups -OCH3 is 1. The third kappa shape index (κ3) is 4.28. The zero-order valence-corrected chi connectivity index (χ0v) is 14.7. The number of carbonyl (C=O) groups is 1. The summed E-state index contributed by atoms with van der Waals surface area (Å²) < 4.78 is 16.6.